The first-order chi connectivity index (χ1) is 6.70. The smallest absolute Gasteiger partial charge is 0.211 e. The van der Waals surface area contributed by atoms with Gasteiger partial charge in [0, 0.05) is 24.3 Å². The molecule has 1 amide bonds. The summed E-state index contributed by atoms with van der Waals surface area (Å²) in [6.45, 7) is 0. The average molecular weight is 193 g/mol. The van der Waals surface area contributed by atoms with Crippen molar-refractivity contribution in [3.8, 4) is 0 Å². The van der Waals surface area contributed by atoms with Crippen molar-refractivity contribution in [3.63, 3.8) is 0 Å². The third-order valence-corrected chi connectivity index (χ3v) is 1.90. The van der Waals surface area contributed by atoms with Crippen molar-refractivity contribution in [2.45, 2.75) is 0 Å². The Labute approximate surface area is 79.3 Å². The number of amides is 1. The molecule has 0 saturated heterocycles. The number of anilines is 1. The fourth-order valence-electron chi connectivity index (χ4n) is 1.36. The quantitative estimate of drug-likeness (QED) is 0.730. The number of hydrogen-bond acceptors (Lipinski definition) is 2. The molecule has 1 N–H and O–H groups in total. The molecular weight excluding hydrogens is 185 g/mol. The van der Waals surface area contributed by atoms with Gasteiger partial charge in [-0.05, 0) is 12.1 Å². The standard InChI is InChI=1S/C9H8FN3O/c1-13-4-6-2-7(11-5-14)3-8(10)9(6)12-13/h2-5H,1H3,(H,11,14). The van der Waals surface area contributed by atoms with Gasteiger partial charge in [0.25, 0.3) is 0 Å². The van der Waals surface area contributed by atoms with Gasteiger partial charge in [-0.1, -0.05) is 0 Å². The largest absolute Gasteiger partial charge is 0.329 e. The van der Waals surface area contributed by atoms with Gasteiger partial charge in [-0.25, -0.2) is 4.39 Å². The van der Waals surface area contributed by atoms with Crippen LogP contribution in [0.3, 0.4) is 0 Å². The van der Waals surface area contributed by atoms with Gasteiger partial charge in [0.05, 0.1) is 0 Å². The van der Waals surface area contributed by atoms with Gasteiger partial charge in [-0.15, -0.1) is 0 Å². The Morgan fingerprint density at radius 3 is 3.07 bits per heavy atom. The first-order valence-electron chi connectivity index (χ1n) is 4.04. The zero-order valence-corrected chi connectivity index (χ0v) is 7.49. The van der Waals surface area contributed by atoms with Crippen molar-refractivity contribution < 1.29 is 9.18 Å². The number of nitrogens with zero attached hydrogens (tertiary/aromatic N) is 2. The van der Waals surface area contributed by atoms with Crippen LogP contribution < -0.4 is 5.32 Å². The third-order valence-electron chi connectivity index (χ3n) is 1.90. The maximum Gasteiger partial charge on any atom is 0.211 e. The van der Waals surface area contributed by atoms with Gasteiger partial charge in [0.1, 0.15) is 5.52 Å². The summed E-state index contributed by atoms with van der Waals surface area (Å²) in [7, 11) is 1.71. The fourth-order valence-corrected chi connectivity index (χ4v) is 1.36. The maximum atomic E-state index is 13.4. The minimum Gasteiger partial charge on any atom is -0.329 e. The van der Waals surface area contributed by atoms with E-state index in [1.807, 2.05) is 0 Å². The van der Waals surface area contributed by atoms with E-state index < -0.39 is 5.82 Å². The van der Waals surface area contributed by atoms with Gasteiger partial charge in [0.2, 0.25) is 6.41 Å². The van der Waals surface area contributed by atoms with Crippen LogP contribution in [0.25, 0.3) is 10.9 Å². The number of aryl methyl sites for hydroxylation is 1. The van der Waals surface area contributed by atoms with Gasteiger partial charge in [0.15, 0.2) is 5.82 Å². The summed E-state index contributed by atoms with van der Waals surface area (Å²) >= 11 is 0. The van der Waals surface area contributed by atoms with E-state index in [-0.39, 0.29) is 0 Å². The molecule has 0 atom stereocenters. The summed E-state index contributed by atoms with van der Waals surface area (Å²) in [5.41, 5.74) is 0.738. The highest BCUT2D eigenvalue weighted by atomic mass is 19.1. The number of hydrogen-bond donors (Lipinski definition) is 1. The maximum absolute atomic E-state index is 13.4. The van der Waals surface area contributed by atoms with Crippen molar-refractivity contribution >= 4 is 23.0 Å². The molecule has 0 saturated carbocycles. The molecule has 1 heterocycles. The lowest BCUT2D eigenvalue weighted by molar-refractivity contribution is -0.105. The molecule has 0 aliphatic rings. The number of aromatic nitrogens is 2. The SMILES string of the molecule is Cn1cc2cc(NC=O)cc(F)c2n1. The lowest BCUT2D eigenvalue weighted by Crippen LogP contribution is -1.94. The molecule has 5 heteroatoms. The average Bonchev–Trinajstić information content (AvgIpc) is 2.47. The van der Waals surface area contributed by atoms with Gasteiger partial charge in [-0.2, -0.15) is 5.10 Å². The van der Waals surface area contributed by atoms with Crippen LogP contribution in [0.4, 0.5) is 10.1 Å². The summed E-state index contributed by atoms with van der Waals surface area (Å²) in [6.07, 6.45) is 2.20. The highest BCUT2D eigenvalue weighted by Crippen LogP contribution is 2.20. The summed E-state index contributed by atoms with van der Waals surface area (Å²) in [5.74, 6) is -0.438. The topological polar surface area (TPSA) is 46.9 Å². The minimum absolute atomic E-state index is 0.309. The monoisotopic (exact) mass is 193 g/mol. The number of rotatable bonds is 2. The fraction of sp³-hybridized carbons (Fsp3) is 0.111. The van der Waals surface area contributed by atoms with Crippen LogP contribution in [0.2, 0.25) is 0 Å². The van der Waals surface area contributed by atoms with Crippen molar-refractivity contribution in [2.24, 2.45) is 7.05 Å². The number of benzene rings is 1. The normalized spacial score (nSPS) is 10.4. The molecule has 72 valence electrons. The predicted octanol–water partition coefficient (Wildman–Crippen LogP) is 1.28. The highest BCUT2D eigenvalue weighted by molar-refractivity contribution is 5.85. The van der Waals surface area contributed by atoms with Crippen molar-refractivity contribution in [3.05, 3.63) is 24.1 Å². The Bertz CT molecular complexity index is 492. The molecule has 0 aliphatic heterocycles. The lowest BCUT2D eigenvalue weighted by atomic mass is 10.2. The summed E-state index contributed by atoms with van der Waals surface area (Å²) in [6, 6.07) is 2.91. The summed E-state index contributed by atoms with van der Waals surface area (Å²) in [4.78, 5) is 10.2. The van der Waals surface area contributed by atoms with Crippen LogP contribution in [-0.2, 0) is 11.8 Å². The molecule has 1 aromatic heterocycles. The van der Waals surface area contributed by atoms with E-state index in [1.165, 1.54) is 10.7 Å². The van der Waals surface area contributed by atoms with Crippen molar-refractivity contribution in [1.82, 2.24) is 9.78 Å². The predicted molar refractivity (Wildman–Crippen MR) is 50.4 cm³/mol. The minimum atomic E-state index is -0.438. The molecule has 14 heavy (non-hydrogen) atoms. The number of carbonyl (C=O) groups is 1. The van der Waals surface area contributed by atoms with Crippen molar-refractivity contribution in [1.29, 1.82) is 0 Å². The third kappa shape index (κ3) is 1.32. The van der Waals surface area contributed by atoms with E-state index in [9.17, 15) is 9.18 Å². The zero-order valence-electron chi connectivity index (χ0n) is 7.49. The summed E-state index contributed by atoms with van der Waals surface area (Å²) < 4.78 is 14.9. The van der Waals surface area contributed by atoms with Crippen LogP contribution >= 0.6 is 0 Å². The number of carbonyl (C=O) groups excluding carboxylic acids is 1. The van der Waals surface area contributed by atoms with Crippen molar-refractivity contribution in [2.75, 3.05) is 5.32 Å². The van der Waals surface area contributed by atoms with Crippen LogP contribution in [0, 0.1) is 5.82 Å². The van der Waals surface area contributed by atoms with E-state index in [2.05, 4.69) is 10.4 Å². The van der Waals surface area contributed by atoms with Crippen LogP contribution in [0.15, 0.2) is 18.3 Å². The molecule has 2 aromatic rings. The first-order valence-corrected chi connectivity index (χ1v) is 4.04. The second-order valence-electron chi connectivity index (χ2n) is 2.96. The van der Waals surface area contributed by atoms with Gasteiger partial charge >= 0.3 is 0 Å². The number of halogens is 1. The van der Waals surface area contributed by atoms with E-state index >= 15 is 0 Å². The molecule has 0 fully saturated rings. The number of fused-ring (bicyclic) bond motifs is 1. The van der Waals surface area contributed by atoms with E-state index in [0.717, 1.165) is 0 Å². The number of nitrogens with one attached hydrogen (secondary N) is 1. The second-order valence-corrected chi connectivity index (χ2v) is 2.96. The van der Waals surface area contributed by atoms with Crippen LogP contribution in [0.1, 0.15) is 0 Å². The molecule has 0 spiro atoms. The van der Waals surface area contributed by atoms with Gasteiger partial charge in [-0.3, -0.25) is 9.48 Å². The van der Waals surface area contributed by atoms with E-state index in [1.54, 1.807) is 19.3 Å². The zero-order chi connectivity index (χ0) is 10.1. The molecular formula is C9H8FN3O. The Hall–Kier alpha value is -1.91. The molecule has 1 aromatic carbocycles. The van der Waals surface area contributed by atoms with Crippen LogP contribution in [0.5, 0.6) is 0 Å². The Morgan fingerprint density at radius 1 is 1.57 bits per heavy atom. The molecule has 0 unspecified atom stereocenters. The lowest BCUT2D eigenvalue weighted by Gasteiger charge is -1.98. The Kier molecular flexibility index (Phi) is 1.92. The van der Waals surface area contributed by atoms with E-state index in [0.29, 0.717) is 23.0 Å². The Balaban J connectivity index is 2.64. The molecule has 4 nitrogen and oxygen atoms in total. The van der Waals surface area contributed by atoms with Crippen LogP contribution in [-0.4, -0.2) is 16.2 Å². The molecule has 0 radical (unpaired) electrons. The molecule has 0 aliphatic carbocycles. The Morgan fingerprint density at radius 2 is 2.36 bits per heavy atom. The molecule has 0 bridgehead atoms. The van der Waals surface area contributed by atoms with E-state index in [4.69, 9.17) is 0 Å². The van der Waals surface area contributed by atoms with Gasteiger partial charge < -0.3 is 5.32 Å². The molecule has 2 rings (SSSR count). The first kappa shape index (κ1) is 8.68. The second kappa shape index (κ2) is 3.10. The highest BCUT2D eigenvalue weighted by Gasteiger charge is 2.06. The summed E-state index contributed by atoms with van der Waals surface area (Å²) in [5, 5.41) is 7.00.